The number of fused-ring (bicyclic) bond motifs is 6. The van der Waals surface area contributed by atoms with Crippen LogP contribution in [-0.4, -0.2) is 7.05 Å². The predicted octanol–water partition coefficient (Wildman–Crippen LogP) is 4.91. The summed E-state index contributed by atoms with van der Waals surface area (Å²) < 4.78 is 3.68. The van der Waals surface area contributed by atoms with E-state index >= 15 is 0 Å². The monoisotopic (exact) mass is 500 g/mol. The molecule has 34 heavy (non-hydrogen) atoms. The smallest absolute Gasteiger partial charge is 0.262 e. The van der Waals surface area contributed by atoms with E-state index in [1.807, 2.05) is 23.1 Å². The Kier molecular flexibility index (Phi) is 6.15. The molecule has 1 aliphatic heterocycles. The number of thiazole rings is 1. The Morgan fingerprint density at radius 1 is 0.912 bits per heavy atom. The van der Waals surface area contributed by atoms with Gasteiger partial charge in [0.15, 0.2) is 0 Å². The lowest BCUT2D eigenvalue weighted by atomic mass is 10.1. The average Bonchev–Trinajstić information content (AvgIpc) is 3.35. The molecule has 2 heterocycles. The second-order valence-electron chi connectivity index (χ2n) is 8.48. The Morgan fingerprint density at radius 2 is 1.59 bits per heavy atom. The minimum absolute atomic E-state index is 0. The van der Waals surface area contributed by atoms with Crippen molar-refractivity contribution in [2.75, 3.05) is 11.9 Å². The quantitative estimate of drug-likeness (QED) is 0.325. The van der Waals surface area contributed by atoms with Gasteiger partial charge >= 0.3 is 0 Å². The molecule has 2 nitrogen and oxygen atoms in total. The van der Waals surface area contributed by atoms with Crippen molar-refractivity contribution in [3.05, 3.63) is 94.5 Å². The lowest BCUT2D eigenvalue weighted by Crippen LogP contribution is -3.00. The van der Waals surface area contributed by atoms with Gasteiger partial charge in [0.2, 0.25) is 5.52 Å². The molecular weight excluding hydrogens is 476 g/mol. The Balaban J connectivity index is 0.00000241. The first-order chi connectivity index (χ1) is 16.1. The first kappa shape index (κ1) is 23.0. The summed E-state index contributed by atoms with van der Waals surface area (Å²) in [5.41, 5.74) is 3.98. The van der Waals surface area contributed by atoms with Crippen LogP contribution in [0.25, 0.3) is 37.8 Å². The number of halogens is 1. The Hall–Kier alpha value is -2.79. The molecule has 0 fully saturated rings. The molecule has 0 unspecified atom stereocenters. The molecule has 0 bridgehead atoms. The van der Waals surface area contributed by atoms with E-state index < -0.39 is 0 Å². The maximum Gasteiger partial charge on any atom is 0.262 e. The number of rotatable bonds is 3. The number of hydrogen-bond acceptors (Lipinski definition) is 3. The number of allylic oxidation sites excluding steroid dienone is 2. The van der Waals surface area contributed by atoms with Crippen molar-refractivity contribution >= 4 is 66.6 Å². The molecule has 0 radical (unpaired) electrons. The zero-order valence-corrected chi connectivity index (χ0v) is 21.8. The van der Waals surface area contributed by atoms with Crippen LogP contribution >= 0.6 is 23.1 Å². The Labute approximate surface area is 214 Å². The minimum Gasteiger partial charge on any atom is -1.00 e. The maximum atomic E-state index is 2.36. The predicted molar refractivity (Wildman–Crippen MR) is 145 cm³/mol. The molecule has 0 atom stereocenters. The van der Waals surface area contributed by atoms with Gasteiger partial charge in [-0.2, -0.15) is 4.57 Å². The van der Waals surface area contributed by atoms with Crippen LogP contribution in [0.1, 0.15) is 18.4 Å². The first-order valence-electron chi connectivity index (χ1n) is 11.3. The summed E-state index contributed by atoms with van der Waals surface area (Å²) >= 11 is 3.73. The Morgan fingerprint density at radius 3 is 2.35 bits per heavy atom. The zero-order chi connectivity index (χ0) is 22.5. The number of aryl methyl sites for hydroxylation is 1. The van der Waals surface area contributed by atoms with E-state index in [0.717, 1.165) is 6.42 Å². The van der Waals surface area contributed by atoms with Crippen LogP contribution in [0.4, 0.5) is 5.69 Å². The van der Waals surface area contributed by atoms with Crippen molar-refractivity contribution in [3.8, 4) is 0 Å². The van der Waals surface area contributed by atoms with Crippen molar-refractivity contribution in [2.45, 2.75) is 18.2 Å². The molecule has 0 spiro atoms. The normalized spacial score (nSPS) is 14.9. The van der Waals surface area contributed by atoms with Gasteiger partial charge in [-0.05, 0) is 47.0 Å². The SMILES string of the molecule is CCC(=C\c1sc2ccc3ccccc3c2[n+]1C)/C=C1/Sc2ccc3ccccc3c2N1C.[Cl-]. The van der Waals surface area contributed by atoms with Crippen LogP contribution in [0.2, 0.25) is 0 Å². The lowest BCUT2D eigenvalue weighted by molar-refractivity contribution is -0.641. The summed E-state index contributed by atoms with van der Waals surface area (Å²) in [4.78, 5) is 3.68. The molecule has 0 amide bonds. The van der Waals surface area contributed by atoms with E-state index in [-0.39, 0.29) is 12.4 Å². The highest BCUT2D eigenvalue weighted by atomic mass is 35.5. The molecule has 6 rings (SSSR count). The summed E-state index contributed by atoms with van der Waals surface area (Å²) in [6, 6.07) is 26.3. The van der Waals surface area contributed by atoms with E-state index in [0.29, 0.717) is 0 Å². The molecule has 4 aromatic carbocycles. The van der Waals surface area contributed by atoms with E-state index in [2.05, 4.69) is 115 Å². The highest BCUT2D eigenvalue weighted by Gasteiger charge is 2.25. The van der Waals surface area contributed by atoms with Crippen LogP contribution in [-0.2, 0) is 7.05 Å². The van der Waals surface area contributed by atoms with Gasteiger partial charge in [0, 0.05) is 23.4 Å². The van der Waals surface area contributed by atoms with Gasteiger partial charge in [-0.1, -0.05) is 84.6 Å². The molecule has 5 aromatic rings. The molecule has 1 aromatic heterocycles. The second kappa shape index (κ2) is 9.10. The molecule has 0 saturated carbocycles. The number of nitrogens with zero attached hydrogens (tertiary/aromatic N) is 2. The van der Waals surface area contributed by atoms with Crippen molar-refractivity contribution in [1.82, 2.24) is 0 Å². The van der Waals surface area contributed by atoms with Crippen LogP contribution in [0.3, 0.4) is 0 Å². The standard InChI is InChI=1S/C29H25N2S2.ClH/c1-4-19(17-26-30(2)28-22-11-7-5-9-20(22)13-15-24(28)32-26)18-27-31(3)29-23-12-8-6-10-21(23)14-16-25(29)33-27;/h5-18H,4H2,1-3H3;1H/q+1;/p-1. The number of aromatic nitrogens is 1. The summed E-state index contributed by atoms with van der Waals surface area (Å²) in [6.45, 7) is 2.24. The topological polar surface area (TPSA) is 7.12 Å². The third-order valence-electron chi connectivity index (χ3n) is 6.51. The van der Waals surface area contributed by atoms with Crippen LogP contribution in [0.5, 0.6) is 0 Å². The third kappa shape index (κ3) is 3.70. The first-order valence-corrected chi connectivity index (χ1v) is 12.9. The molecule has 170 valence electrons. The lowest BCUT2D eigenvalue weighted by Gasteiger charge is -2.16. The highest BCUT2D eigenvalue weighted by Crippen LogP contribution is 2.49. The van der Waals surface area contributed by atoms with E-state index in [1.165, 1.54) is 58.0 Å². The van der Waals surface area contributed by atoms with Crippen LogP contribution < -0.4 is 21.9 Å². The van der Waals surface area contributed by atoms with Gasteiger partial charge in [-0.15, -0.1) is 0 Å². The molecule has 0 N–H and O–H groups in total. The second-order valence-corrected chi connectivity index (χ2v) is 10.6. The minimum atomic E-state index is 0. The highest BCUT2D eigenvalue weighted by molar-refractivity contribution is 8.03. The number of benzene rings is 4. The van der Waals surface area contributed by atoms with Gasteiger partial charge < -0.3 is 17.3 Å². The molecule has 0 saturated heterocycles. The third-order valence-corrected chi connectivity index (χ3v) is 8.81. The average molecular weight is 501 g/mol. The van der Waals surface area contributed by atoms with Gasteiger partial charge in [0.25, 0.3) is 5.01 Å². The van der Waals surface area contributed by atoms with Gasteiger partial charge in [-0.3, -0.25) is 0 Å². The zero-order valence-electron chi connectivity index (χ0n) is 19.4. The fraction of sp³-hybridized carbons (Fsp3) is 0.138. The molecule has 1 aliphatic rings. The molecule has 5 heteroatoms. The van der Waals surface area contributed by atoms with E-state index in [4.69, 9.17) is 0 Å². The van der Waals surface area contributed by atoms with Gasteiger partial charge in [0.05, 0.1) is 16.1 Å². The summed E-state index contributed by atoms with van der Waals surface area (Å²) in [7, 11) is 4.38. The summed E-state index contributed by atoms with van der Waals surface area (Å²) in [5.74, 6) is 0. The van der Waals surface area contributed by atoms with E-state index in [9.17, 15) is 0 Å². The van der Waals surface area contributed by atoms with Crippen molar-refractivity contribution in [3.63, 3.8) is 0 Å². The molecule has 0 aliphatic carbocycles. The largest absolute Gasteiger partial charge is 1.00 e. The van der Waals surface area contributed by atoms with Gasteiger partial charge in [-0.25, -0.2) is 0 Å². The summed E-state index contributed by atoms with van der Waals surface area (Å²) in [6.07, 6.45) is 5.72. The van der Waals surface area contributed by atoms with Gasteiger partial charge in [0.1, 0.15) is 11.7 Å². The fourth-order valence-corrected chi connectivity index (χ4v) is 7.01. The van der Waals surface area contributed by atoms with Crippen molar-refractivity contribution in [1.29, 1.82) is 0 Å². The summed E-state index contributed by atoms with van der Waals surface area (Å²) in [5, 5.41) is 7.78. The van der Waals surface area contributed by atoms with E-state index in [1.54, 1.807) is 0 Å². The number of hydrogen-bond donors (Lipinski definition) is 0. The van der Waals surface area contributed by atoms with Crippen LogP contribution in [0, 0.1) is 0 Å². The van der Waals surface area contributed by atoms with Crippen molar-refractivity contribution in [2.24, 2.45) is 7.05 Å². The fourth-order valence-electron chi connectivity index (χ4n) is 4.73. The maximum absolute atomic E-state index is 2.36. The number of thioether (sulfide) groups is 1. The molecular formula is C29H25ClN2S2. The van der Waals surface area contributed by atoms with Crippen LogP contribution in [0.15, 0.2) is 94.4 Å². The Bertz CT molecular complexity index is 1610. The van der Waals surface area contributed by atoms with Crippen molar-refractivity contribution < 1.29 is 17.0 Å². The number of anilines is 1.